The molecule has 1 amide bonds. The zero-order chi connectivity index (χ0) is 12.5. The van der Waals surface area contributed by atoms with Crippen molar-refractivity contribution in [1.82, 2.24) is 14.9 Å². The van der Waals surface area contributed by atoms with Crippen molar-refractivity contribution in [2.45, 2.75) is 6.04 Å². The number of aromatic nitrogens is 2. The summed E-state index contributed by atoms with van der Waals surface area (Å²) in [5.74, 6) is 0. The van der Waals surface area contributed by atoms with Gasteiger partial charge in [0, 0.05) is 17.1 Å². The molecular weight excluding hydrogens is 232 g/mol. The van der Waals surface area contributed by atoms with Gasteiger partial charge in [-0.3, -0.25) is 4.79 Å². The first kappa shape index (κ1) is 10.4. The molecule has 1 atom stereocenters. The lowest BCUT2D eigenvalue weighted by Crippen LogP contribution is -2.17. The highest BCUT2D eigenvalue weighted by Crippen LogP contribution is 2.27. The number of nitriles is 1. The summed E-state index contributed by atoms with van der Waals surface area (Å²) in [7, 11) is 0. The van der Waals surface area contributed by atoms with E-state index in [0.29, 0.717) is 23.1 Å². The van der Waals surface area contributed by atoms with Crippen LogP contribution in [0.4, 0.5) is 0 Å². The standard InChI is InChI=1S/C12H8N4O2/c13-5-10(14-7-17)9-6-15-16-3-1-8-2-4-18-12(8)11(9)16/h1-4,6-7,10H,(H,14,17). The van der Waals surface area contributed by atoms with Gasteiger partial charge in [0.15, 0.2) is 5.58 Å². The molecule has 0 aliphatic carbocycles. The van der Waals surface area contributed by atoms with E-state index >= 15 is 0 Å². The summed E-state index contributed by atoms with van der Waals surface area (Å²) in [6, 6.07) is 4.98. The molecule has 0 aromatic carbocycles. The van der Waals surface area contributed by atoms with Gasteiger partial charge in [-0.25, -0.2) is 4.52 Å². The highest BCUT2D eigenvalue weighted by Gasteiger charge is 2.18. The largest absolute Gasteiger partial charge is 0.462 e. The van der Waals surface area contributed by atoms with Crippen LogP contribution in [0.15, 0.2) is 35.2 Å². The molecule has 0 aliphatic heterocycles. The Labute approximate surface area is 101 Å². The first-order valence-corrected chi connectivity index (χ1v) is 5.28. The van der Waals surface area contributed by atoms with Crippen molar-refractivity contribution in [3.05, 3.63) is 36.4 Å². The van der Waals surface area contributed by atoms with E-state index in [-0.39, 0.29) is 0 Å². The molecular formula is C12H8N4O2. The number of carbonyl (C=O) groups is 1. The van der Waals surface area contributed by atoms with E-state index in [1.807, 2.05) is 18.2 Å². The molecule has 1 unspecified atom stereocenters. The Kier molecular flexibility index (Phi) is 2.24. The minimum absolute atomic E-state index is 0.500. The molecule has 6 nitrogen and oxygen atoms in total. The van der Waals surface area contributed by atoms with E-state index in [0.717, 1.165) is 5.39 Å². The van der Waals surface area contributed by atoms with Gasteiger partial charge in [0.05, 0.1) is 18.5 Å². The molecule has 3 aromatic heterocycles. The zero-order valence-corrected chi connectivity index (χ0v) is 9.20. The summed E-state index contributed by atoms with van der Waals surface area (Å²) in [6.45, 7) is 0. The van der Waals surface area contributed by atoms with E-state index in [4.69, 9.17) is 9.68 Å². The summed E-state index contributed by atoms with van der Waals surface area (Å²) in [6.07, 6.45) is 5.42. The number of hydrogen-bond donors (Lipinski definition) is 1. The molecule has 0 aliphatic rings. The van der Waals surface area contributed by atoms with Crippen LogP contribution < -0.4 is 5.32 Å². The number of carbonyl (C=O) groups excluding carboxylic acids is 1. The summed E-state index contributed by atoms with van der Waals surface area (Å²) in [4.78, 5) is 10.5. The molecule has 0 spiro atoms. The van der Waals surface area contributed by atoms with Crippen molar-refractivity contribution in [1.29, 1.82) is 5.26 Å². The maximum Gasteiger partial charge on any atom is 0.208 e. The number of pyridine rings is 1. The van der Waals surface area contributed by atoms with E-state index in [2.05, 4.69) is 10.4 Å². The highest BCUT2D eigenvalue weighted by molar-refractivity contribution is 5.92. The van der Waals surface area contributed by atoms with Gasteiger partial charge in [-0.2, -0.15) is 10.4 Å². The quantitative estimate of drug-likeness (QED) is 0.701. The van der Waals surface area contributed by atoms with Gasteiger partial charge in [-0.15, -0.1) is 0 Å². The Morgan fingerprint density at radius 1 is 1.56 bits per heavy atom. The number of hydrogen-bond acceptors (Lipinski definition) is 4. The van der Waals surface area contributed by atoms with E-state index in [9.17, 15) is 4.79 Å². The van der Waals surface area contributed by atoms with Crippen LogP contribution >= 0.6 is 0 Å². The summed E-state index contributed by atoms with van der Waals surface area (Å²) >= 11 is 0. The number of amides is 1. The SMILES string of the molecule is N#CC(NC=O)c1cnn2ccc3ccoc3c12. The Hall–Kier alpha value is -2.81. The van der Waals surface area contributed by atoms with Gasteiger partial charge in [-0.1, -0.05) is 0 Å². The Morgan fingerprint density at radius 2 is 2.44 bits per heavy atom. The average Bonchev–Trinajstić information content (AvgIpc) is 3.00. The molecule has 3 heterocycles. The Balaban J connectivity index is 2.32. The smallest absolute Gasteiger partial charge is 0.208 e. The van der Waals surface area contributed by atoms with Crippen molar-refractivity contribution in [2.24, 2.45) is 0 Å². The number of nitrogens with zero attached hydrogens (tertiary/aromatic N) is 3. The molecule has 3 aromatic rings. The van der Waals surface area contributed by atoms with Crippen LogP contribution in [0.5, 0.6) is 0 Å². The lowest BCUT2D eigenvalue weighted by Gasteiger charge is -2.05. The van der Waals surface area contributed by atoms with Crippen molar-refractivity contribution >= 4 is 22.9 Å². The van der Waals surface area contributed by atoms with Gasteiger partial charge >= 0.3 is 0 Å². The first-order chi connectivity index (χ1) is 8.85. The zero-order valence-electron chi connectivity index (χ0n) is 9.20. The molecule has 0 saturated heterocycles. The topological polar surface area (TPSA) is 83.3 Å². The predicted molar refractivity (Wildman–Crippen MR) is 62.5 cm³/mol. The second-order valence-corrected chi connectivity index (χ2v) is 3.76. The maximum absolute atomic E-state index is 10.5. The third-order valence-corrected chi connectivity index (χ3v) is 2.80. The third-order valence-electron chi connectivity index (χ3n) is 2.80. The summed E-state index contributed by atoms with van der Waals surface area (Å²) < 4.78 is 7.04. The number of nitrogens with one attached hydrogen (secondary N) is 1. The lowest BCUT2D eigenvalue weighted by molar-refractivity contribution is -0.109. The molecule has 6 heteroatoms. The minimum Gasteiger partial charge on any atom is -0.462 e. The molecule has 0 saturated carbocycles. The van der Waals surface area contributed by atoms with Gasteiger partial charge < -0.3 is 9.73 Å². The molecule has 0 radical (unpaired) electrons. The third kappa shape index (κ3) is 1.34. The number of fused-ring (bicyclic) bond motifs is 3. The average molecular weight is 240 g/mol. The predicted octanol–water partition coefficient (Wildman–Crippen LogP) is 1.39. The van der Waals surface area contributed by atoms with Crippen molar-refractivity contribution in [3.63, 3.8) is 0 Å². The monoisotopic (exact) mass is 240 g/mol. The van der Waals surface area contributed by atoms with Crippen LogP contribution in [-0.2, 0) is 4.79 Å². The maximum atomic E-state index is 10.5. The normalized spacial score (nSPS) is 12.4. The molecule has 88 valence electrons. The number of rotatable bonds is 3. The fourth-order valence-electron chi connectivity index (χ4n) is 1.99. The summed E-state index contributed by atoms with van der Waals surface area (Å²) in [5.41, 5.74) is 1.96. The van der Waals surface area contributed by atoms with Crippen LogP contribution in [0, 0.1) is 11.3 Å². The molecule has 18 heavy (non-hydrogen) atoms. The Morgan fingerprint density at radius 3 is 3.22 bits per heavy atom. The van der Waals surface area contributed by atoms with Gasteiger partial charge in [0.2, 0.25) is 6.41 Å². The van der Waals surface area contributed by atoms with Gasteiger partial charge in [0.25, 0.3) is 0 Å². The van der Waals surface area contributed by atoms with Crippen molar-refractivity contribution in [2.75, 3.05) is 0 Å². The molecule has 0 fully saturated rings. The van der Waals surface area contributed by atoms with Crippen LogP contribution in [0.3, 0.4) is 0 Å². The lowest BCUT2D eigenvalue weighted by atomic mass is 10.1. The minimum atomic E-state index is -0.740. The van der Waals surface area contributed by atoms with Crippen molar-refractivity contribution < 1.29 is 9.21 Å². The van der Waals surface area contributed by atoms with Crippen molar-refractivity contribution in [3.8, 4) is 6.07 Å². The molecule has 0 bridgehead atoms. The number of furan rings is 1. The fraction of sp³-hybridized carbons (Fsp3) is 0.0833. The van der Waals surface area contributed by atoms with E-state index in [1.165, 1.54) is 0 Å². The van der Waals surface area contributed by atoms with E-state index in [1.54, 1.807) is 23.2 Å². The summed E-state index contributed by atoms with van der Waals surface area (Å²) in [5, 5.41) is 16.6. The van der Waals surface area contributed by atoms with Crippen LogP contribution in [-0.4, -0.2) is 16.0 Å². The van der Waals surface area contributed by atoms with Gasteiger partial charge in [0.1, 0.15) is 11.6 Å². The van der Waals surface area contributed by atoms with Crippen LogP contribution in [0.25, 0.3) is 16.5 Å². The van der Waals surface area contributed by atoms with Crippen LogP contribution in [0.2, 0.25) is 0 Å². The first-order valence-electron chi connectivity index (χ1n) is 5.28. The van der Waals surface area contributed by atoms with Gasteiger partial charge in [-0.05, 0) is 12.1 Å². The second kappa shape index (κ2) is 3.89. The Bertz CT molecular complexity index is 765. The molecule has 1 N–H and O–H groups in total. The van der Waals surface area contributed by atoms with Crippen LogP contribution in [0.1, 0.15) is 11.6 Å². The van der Waals surface area contributed by atoms with E-state index < -0.39 is 6.04 Å². The fourth-order valence-corrected chi connectivity index (χ4v) is 1.99. The second-order valence-electron chi connectivity index (χ2n) is 3.76. The molecule has 3 rings (SSSR count). The highest BCUT2D eigenvalue weighted by atomic mass is 16.3.